The lowest BCUT2D eigenvalue weighted by molar-refractivity contribution is 0.220. The van der Waals surface area contributed by atoms with Crippen LogP contribution >= 0.6 is 0 Å². The Labute approximate surface area is 131 Å². The van der Waals surface area contributed by atoms with Crippen molar-refractivity contribution >= 4 is 0 Å². The van der Waals surface area contributed by atoms with Gasteiger partial charge in [0.2, 0.25) is 0 Å². The summed E-state index contributed by atoms with van der Waals surface area (Å²) in [6.07, 6.45) is 1.26. The van der Waals surface area contributed by atoms with Crippen LogP contribution in [-0.2, 0) is 13.1 Å². The molecule has 1 aromatic carbocycles. The standard InChI is InChI=1S/C19H34N2/c1-15(2)11-17(5)21(6)14-19-9-7-18(8-10-19)13-20-12-16(3)4/h7-10,15-17,20H,11-14H2,1-6H3. The number of nitrogens with one attached hydrogen (secondary N) is 1. The van der Waals surface area contributed by atoms with Gasteiger partial charge < -0.3 is 5.32 Å². The minimum Gasteiger partial charge on any atom is -0.312 e. The van der Waals surface area contributed by atoms with E-state index in [2.05, 4.69) is 76.1 Å². The van der Waals surface area contributed by atoms with Gasteiger partial charge in [0, 0.05) is 19.1 Å². The van der Waals surface area contributed by atoms with Gasteiger partial charge >= 0.3 is 0 Å². The Morgan fingerprint density at radius 2 is 1.48 bits per heavy atom. The molecule has 0 aliphatic heterocycles. The third-order valence-electron chi connectivity index (χ3n) is 3.90. The highest BCUT2D eigenvalue weighted by atomic mass is 15.1. The average molecular weight is 290 g/mol. The molecule has 1 N–H and O–H groups in total. The van der Waals surface area contributed by atoms with E-state index < -0.39 is 0 Å². The molecule has 0 heterocycles. The molecule has 1 aromatic rings. The number of rotatable bonds is 9. The van der Waals surface area contributed by atoms with Gasteiger partial charge in [0.1, 0.15) is 0 Å². The van der Waals surface area contributed by atoms with Crippen molar-refractivity contribution in [2.24, 2.45) is 11.8 Å². The fourth-order valence-electron chi connectivity index (χ4n) is 2.57. The third kappa shape index (κ3) is 7.63. The Morgan fingerprint density at radius 1 is 0.905 bits per heavy atom. The summed E-state index contributed by atoms with van der Waals surface area (Å²) in [5.74, 6) is 1.47. The second-order valence-electron chi connectivity index (χ2n) is 7.23. The van der Waals surface area contributed by atoms with Crippen LogP contribution in [0.25, 0.3) is 0 Å². The first-order valence-corrected chi connectivity index (χ1v) is 8.37. The Bertz CT molecular complexity index is 381. The lowest BCUT2D eigenvalue weighted by Gasteiger charge is -2.26. The van der Waals surface area contributed by atoms with Gasteiger partial charge in [0.05, 0.1) is 0 Å². The molecule has 1 unspecified atom stereocenters. The molecule has 0 spiro atoms. The first kappa shape index (κ1) is 18.2. The zero-order valence-electron chi connectivity index (χ0n) is 14.8. The van der Waals surface area contributed by atoms with E-state index in [1.807, 2.05) is 0 Å². The van der Waals surface area contributed by atoms with Crippen molar-refractivity contribution in [3.63, 3.8) is 0 Å². The minimum absolute atomic E-state index is 0.636. The van der Waals surface area contributed by atoms with Crippen molar-refractivity contribution in [2.45, 2.75) is 60.2 Å². The van der Waals surface area contributed by atoms with Crippen LogP contribution in [-0.4, -0.2) is 24.5 Å². The molecule has 0 radical (unpaired) electrons. The Hall–Kier alpha value is -0.860. The van der Waals surface area contributed by atoms with Gasteiger partial charge in [-0.25, -0.2) is 0 Å². The molecular weight excluding hydrogens is 256 g/mol. The van der Waals surface area contributed by atoms with Gasteiger partial charge in [-0.05, 0) is 49.9 Å². The molecule has 2 heteroatoms. The topological polar surface area (TPSA) is 15.3 Å². The molecule has 21 heavy (non-hydrogen) atoms. The molecule has 1 rings (SSSR count). The lowest BCUT2D eigenvalue weighted by atomic mass is 10.0. The maximum atomic E-state index is 3.49. The Morgan fingerprint density at radius 3 is 2.00 bits per heavy atom. The molecule has 0 aliphatic carbocycles. The van der Waals surface area contributed by atoms with E-state index in [4.69, 9.17) is 0 Å². The van der Waals surface area contributed by atoms with Crippen molar-refractivity contribution in [1.82, 2.24) is 10.2 Å². The molecule has 0 amide bonds. The number of hydrogen-bond acceptors (Lipinski definition) is 2. The summed E-state index contributed by atoms with van der Waals surface area (Å²) in [6, 6.07) is 9.68. The van der Waals surface area contributed by atoms with Gasteiger partial charge in [-0.2, -0.15) is 0 Å². The normalized spacial score (nSPS) is 13.4. The first-order valence-electron chi connectivity index (χ1n) is 8.37. The summed E-state index contributed by atoms with van der Waals surface area (Å²) in [4.78, 5) is 2.45. The lowest BCUT2D eigenvalue weighted by Crippen LogP contribution is -2.29. The summed E-state index contributed by atoms with van der Waals surface area (Å²) in [5, 5.41) is 3.49. The number of hydrogen-bond donors (Lipinski definition) is 1. The van der Waals surface area contributed by atoms with Crippen molar-refractivity contribution in [3.8, 4) is 0 Å². The van der Waals surface area contributed by atoms with Crippen LogP contribution in [0.2, 0.25) is 0 Å². The summed E-state index contributed by atoms with van der Waals surface area (Å²) in [5.41, 5.74) is 2.78. The summed E-state index contributed by atoms with van der Waals surface area (Å²) in [6.45, 7) is 14.5. The quantitative estimate of drug-likeness (QED) is 0.729. The van der Waals surface area contributed by atoms with Gasteiger partial charge in [0.15, 0.2) is 0 Å². The van der Waals surface area contributed by atoms with Crippen molar-refractivity contribution in [3.05, 3.63) is 35.4 Å². The monoisotopic (exact) mass is 290 g/mol. The van der Waals surface area contributed by atoms with E-state index in [0.717, 1.165) is 25.6 Å². The predicted octanol–water partition coefficient (Wildman–Crippen LogP) is 4.30. The first-order chi connectivity index (χ1) is 9.88. The van der Waals surface area contributed by atoms with E-state index in [-0.39, 0.29) is 0 Å². The Kier molecular flexibility index (Phi) is 7.98. The molecule has 1 atom stereocenters. The highest BCUT2D eigenvalue weighted by Crippen LogP contribution is 2.13. The number of nitrogens with zero attached hydrogens (tertiary/aromatic N) is 1. The van der Waals surface area contributed by atoms with Crippen molar-refractivity contribution in [2.75, 3.05) is 13.6 Å². The second-order valence-corrected chi connectivity index (χ2v) is 7.23. The Balaban J connectivity index is 2.43. The van der Waals surface area contributed by atoms with Crippen LogP contribution in [0, 0.1) is 11.8 Å². The molecule has 0 saturated heterocycles. The van der Waals surface area contributed by atoms with Gasteiger partial charge in [-0.3, -0.25) is 4.90 Å². The smallest absolute Gasteiger partial charge is 0.0233 e. The van der Waals surface area contributed by atoms with E-state index in [9.17, 15) is 0 Å². The summed E-state index contributed by atoms with van der Waals surface area (Å²) < 4.78 is 0. The van der Waals surface area contributed by atoms with Crippen molar-refractivity contribution in [1.29, 1.82) is 0 Å². The largest absolute Gasteiger partial charge is 0.312 e. The van der Waals surface area contributed by atoms with Crippen LogP contribution in [0.4, 0.5) is 0 Å². The van der Waals surface area contributed by atoms with Gasteiger partial charge in [-0.1, -0.05) is 52.0 Å². The molecule has 120 valence electrons. The summed E-state index contributed by atoms with van der Waals surface area (Å²) >= 11 is 0. The van der Waals surface area contributed by atoms with Gasteiger partial charge in [-0.15, -0.1) is 0 Å². The van der Waals surface area contributed by atoms with Crippen LogP contribution < -0.4 is 5.32 Å². The second kappa shape index (κ2) is 9.22. The van der Waals surface area contributed by atoms with E-state index in [1.54, 1.807) is 0 Å². The maximum Gasteiger partial charge on any atom is 0.0233 e. The van der Waals surface area contributed by atoms with Crippen LogP contribution in [0.1, 0.15) is 52.2 Å². The van der Waals surface area contributed by atoms with E-state index in [1.165, 1.54) is 17.5 Å². The summed E-state index contributed by atoms with van der Waals surface area (Å²) in [7, 11) is 2.23. The van der Waals surface area contributed by atoms with Crippen LogP contribution in [0.15, 0.2) is 24.3 Å². The molecule has 0 aromatic heterocycles. The molecule has 0 aliphatic rings. The van der Waals surface area contributed by atoms with Crippen molar-refractivity contribution < 1.29 is 0 Å². The van der Waals surface area contributed by atoms with Crippen LogP contribution in [0.5, 0.6) is 0 Å². The predicted molar refractivity (Wildman–Crippen MR) is 93.4 cm³/mol. The van der Waals surface area contributed by atoms with Gasteiger partial charge in [0.25, 0.3) is 0 Å². The molecular formula is C19H34N2. The maximum absolute atomic E-state index is 3.49. The highest BCUT2D eigenvalue weighted by molar-refractivity contribution is 5.22. The average Bonchev–Trinajstić information content (AvgIpc) is 2.39. The number of benzene rings is 1. The fourth-order valence-corrected chi connectivity index (χ4v) is 2.57. The third-order valence-corrected chi connectivity index (χ3v) is 3.90. The molecule has 2 nitrogen and oxygen atoms in total. The minimum atomic E-state index is 0.636. The van der Waals surface area contributed by atoms with E-state index in [0.29, 0.717) is 12.0 Å². The highest BCUT2D eigenvalue weighted by Gasteiger charge is 2.11. The SMILES string of the molecule is CC(C)CNCc1ccc(CN(C)C(C)CC(C)C)cc1. The molecule has 0 saturated carbocycles. The molecule has 0 bridgehead atoms. The van der Waals surface area contributed by atoms with Crippen LogP contribution in [0.3, 0.4) is 0 Å². The zero-order chi connectivity index (χ0) is 15.8. The fraction of sp³-hybridized carbons (Fsp3) is 0.684. The zero-order valence-corrected chi connectivity index (χ0v) is 14.8. The molecule has 0 fully saturated rings. The van der Waals surface area contributed by atoms with E-state index >= 15 is 0 Å².